The number of likely N-dealkylation sites (tertiary alicyclic amines) is 2. The first-order valence-corrected chi connectivity index (χ1v) is 6.98. The minimum atomic E-state index is 0.936. The van der Waals surface area contributed by atoms with Crippen molar-refractivity contribution in [1.29, 1.82) is 0 Å². The van der Waals surface area contributed by atoms with Gasteiger partial charge in [-0.2, -0.15) is 0 Å². The molecule has 2 atom stereocenters. The van der Waals surface area contributed by atoms with Crippen LogP contribution in [-0.4, -0.2) is 43.0 Å². The number of hydrogen-bond acceptors (Lipinski definition) is 3. The minimum Gasteiger partial charge on any atom is -0.306 e. The van der Waals surface area contributed by atoms with Gasteiger partial charge in [0.1, 0.15) is 0 Å². The van der Waals surface area contributed by atoms with Crippen molar-refractivity contribution in [2.75, 3.05) is 33.2 Å². The van der Waals surface area contributed by atoms with E-state index in [4.69, 9.17) is 0 Å². The quantitative estimate of drug-likeness (QED) is 0.775. The zero-order chi connectivity index (χ0) is 11.1. The summed E-state index contributed by atoms with van der Waals surface area (Å²) in [5.41, 5.74) is 0. The Kier molecular flexibility index (Phi) is 2.78. The van der Waals surface area contributed by atoms with E-state index in [0.717, 1.165) is 11.8 Å². The van der Waals surface area contributed by atoms with Gasteiger partial charge in [0.05, 0.1) is 0 Å². The molecule has 0 aromatic carbocycles. The van der Waals surface area contributed by atoms with Crippen LogP contribution in [0, 0.1) is 18.8 Å². The van der Waals surface area contributed by atoms with Crippen molar-refractivity contribution in [1.82, 2.24) is 9.80 Å². The van der Waals surface area contributed by atoms with E-state index < -0.39 is 0 Å². The van der Waals surface area contributed by atoms with Crippen molar-refractivity contribution >= 4 is 11.3 Å². The van der Waals surface area contributed by atoms with Gasteiger partial charge in [-0.25, -0.2) is 0 Å². The highest BCUT2D eigenvalue weighted by molar-refractivity contribution is 7.11. The number of hydrogen-bond donors (Lipinski definition) is 0. The van der Waals surface area contributed by atoms with Crippen LogP contribution in [-0.2, 0) is 6.54 Å². The predicted molar refractivity (Wildman–Crippen MR) is 68.8 cm³/mol. The topological polar surface area (TPSA) is 6.48 Å². The van der Waals surface area contributed by atoms with Gasteiger partial charge < -0.3 is 4.90 Å². The SMILES string of the molecule is Cc1ccc(CN2CC3CN(C)CC3C2)s1. The number of nitrogens with zero attached hydrogens (tertiary/aromatic N) is 2. The summed E-state index contributed by atoms with van der Waals surface area (Å²) in [6, 6.07) is 4.53. The number of rotatable bonds is 2. The fourth-order valence-corrected chi connectivity index (χ4v) is 4.18. The lowest BCUT2D eigenvalue weighted by Gasteiger charge is -2.17. The van der Waals surface area contributed by atoms with Crippen molar-refractivity contribution in [2.45, 2.75) is 13.5 Å². The molecule has 0 radical (unpaired) electrons. The third-order valence-electron chi connectivity index (χ3n) is 3.92. The second kappa shape index (κ2) is 4.13. The third-order valence-corrected chi connectivity index (χ3v) is 4.91. The van der Waals surface area contributed by atoms with Crippen molar-refractivity contribution in [2.24, 2.45) is 11.8 Å². The smallest absolute Gasteiger partial charge is 0.0328 e. The second-order valence-corrected chi connectivity index (χ2v) is 6.82. The van der Waals surface area contributed by atoms with Gasteiger partial charge in [0, 0.05) is 42.5 Å². The van der Waals surface area contributed by atoms with Gasteiger partial charge in [-0.05, 0) is 37.9 Å². The van der Waals surface area contributed by atoms with Crippen molar-refractivity contribution < 1.29 is 0 Å². The Hall–Kier alpha value is -0.380. The van der Waals surface area contributed by atoms with E-state index >= 15 is 0 Å². The highest BCUT2D eigenvalue weighted by atomic mass is 32.1. The number of aryl methyl sites for hydroxylation is 1. The number of thiophene rings is 1. The highest BCUT2D eigenvalue weighted by Gasteiger charge is 2.38. The molecule has 3 heteroatoms. The van der Waals surface area contributed by atoms with E-state index in [1.165, 1.54) is 42.5 Å². The maximum Gasteiger partial charge on any atom is 0.0328 e. The molecule has 2 fully saturated rings. The Morgan fingerprint density at radius 3 is 2.44 bits per heavy atom. The fourth-order valence-electron chi connectivity index (χ4n) is 3.24. The molecule has 2 aliphatic heterocycles. The Morgan fingerprint density at radius 2 is 1.88 bits per heavy atom. The van der Waals surface area contributed by atoms with E-state index in [1.54, 1.807) is 0 Å². The molecule has 0 amide bonds. The van der Waals surface area contributed by atoms with Crippen LogP contribution in [0.15, 0.2) is 12.1 Å². The summed E-state index contributed by atoms with van der Waals surface area (Å²) in [6.07, 6.45) is 0. The van der Waals surface area contributed by atoms with Gasteiger partial charge >= 0.3 is 0 Å². The lowest BCUT2D eigenvalue weighted by Crippen LogP contribution is -2.26. The molecule has 2 unspecified atom stereocenters. The Balaban J connectivity index is 1.59. The molecule has 16 heavy (non-hydrogen) atoms. The maximum atomic E-state index is 2.65. The fraction of sp³-hybridized carbons (Fsp3) is 0.692. The van der Waals surface area contributed by atoms with Crippen LogP contribution in [0.2, 0.25) is 0 Å². The zero-order valence-corrected chi connectivity index (χ0v) is 11.0. The normalized spacial score (nSPS) is 31.1. The molecule has 0 saturated carbocycles. The second-order valence-electron chi connectivity index (χ2n) is 5.45. The summed E-state index contributed by atoms with van der Waals surface area (Å²) in [5.74, 6) is 1.87. The Labute approximate surface area is 102 Å². The van der Waals surface area contributed by atoms with Gasteiger partial charge in [0.15, 0.2) is 0 Å². The van der Waals surface area contributed by atoms with Gasteiger partial charge in [0.2, 0.25) is 0 Å². The molecule has 3 rings (SSSR count). The molecule has 0 N–H and O–H groups in total. The lowest BCUT2D eigenvalue weighted by molar-refractivity contribution is 0.274. The zero-order valence-electron chi connectivity index (χ0n) is 10.1. The number of fused-ring (bicyclic) bond motifs is 1. The van der Waals surface area contributed by atoms with Crippen molar-refractivity contribution in [3.8, 4) is 0 Å². The predicted octanol–water partition coefficient (Wildman–Crippen LogP) is 2.05. The first-order chi connectivity index (χ1) is 7.70. The van der Waals surface area contributed by atoms with Crippen LogP contribution in [0.25, 0.3) is 0 Å². The molecular formula is C13H20N2S. The average molecular weight is 236 g/mol. The van der Waals surface area contributed by atoms with E-state index in [0.29, 0.717) is 0 Å². The molecule has 88 valence electrons. The molecule has 0 aliphatic carbocycles. The van der Waals surface area contributed by atoms with Crippen LogP contribution in [0.5, 0.6) is 0 Å². The molecule has 2 aliphatic rings. The standard InChI is InChI=1S/C13H20N2S/c1-10-3-4-13(16-10)9-15-7-11-5-14(2)6-12(11)8-15/h3-4,11-12H,5-9H2,1-2H3. The van der Waals surface area contributed by atoms with Crippen LogP contribution in [0.4, 0.5) is 0 Å². The largest absolute Gasteiger partial charge is 0.306 e. The highest BCUT2D eigenvalue weighted by Crippen LogP contribution is 2.31. The minimum absolute atomic E-state index is 0.936. The summed E-state index contributed by atoms with van der Waals surface area (Å²) in [5, 5.41) is 0. The van der Waals surface area contributed by atoms with Gasteiger partial charge in [-0.3, -0.25) is 4.90 Å². The molecule has 3 heterocycles. The summed E-state index contributed by atoms with van der Waals surface area (Å²) in [4.78, 5) is 8.11. The lowest BCUT2D eigenvalue weighted by atomic mass is 10.0. The summed E-state index contributed by atoms with van der Waals surface area (Å²) in [7, 11) is 2.26. The molecule has 1 aromatic heterocycles. The molecule has 1 aromatic rings. The van der Waals surface area contributed by atoms with Crippen LogP contribution in [0.3, 0.4) is 0 Å². The first-order valence-electron chi connectivity index (χ1n) is 6.17. The van der Waals surface area contributed by atoms with Gasteiger partial charge in [-0.15, -0.1) is 11.3 Å². The van der Waals surface area contributed by atoms with E-state index in [2.05, 4.69) is 35.9 Å². The van der Waals surface area contributed by atoms with Crippen LogP contribution in [0.1, 0.15) is 9.75 Å². The molecule has 0 bridgehead atoms. The van der Waals surface area contributed by atoms with E-state index in [9.17, 15) is 0 Å². The molecule has 0 spiro atoms. The monoisotopic (exact) mass is 236 g/mol. The summed E-state index contributed by atoms with van der Waals surface area (Å²) >= 11 is 1.95. The summed E-state index contributed by atoms with van der Waals surface area (Å²) in [6.45, 7) is 8.62. The van der Waals surface area contributed by atoms with Crippen molar-refractivity contribution in [3.63, 3.8) is 0 Å². The first kappa shape index (κ1) is 10.8. The van der Waals surface area contributed by atoms with Crippen LogP contribution >= 0.6 is 11.3 Å². The molecule has 2 saturated heterocycles. The molecule has 2 nitrogen and oxygen atoms in total. The molecular weight excluding hydrogens is 216 g/mol. The summed E-state index contributed by atoms with van der Waals surface area (Å²) < 4.78 is 0. The third kappa shape index (κ3) is 2.04. The van der Waals surface area contributed by atoms with E-state index in [-0.39, 0.29) is 0 Å². The van der Waals surface area contributed by atoms with Gasteiger partial charge in [-0.1, -0.05) is 0 Å². The Morgan fingerprint density at radius 1 is 1.19 bits per heavy atom. The Bertz CT molecular complexity index is 360. The average Bonchev–Trinajstić information content (AvgIpc) is 2.81. The van der Waals surface area contributed by atoms with E-state index in [1.807, 2.05) is 11.3 Å². The maximum absolute atomic E-state index is 2.65. The van der Waals surface area contributed by atoms with Gasteiger partial charge in [0.25, 0.3) is 0 Å². The van der Waals surface area contributed by atoms with Crippen LogP contribution < -0.4 is 0 Å². The van der Waals surface area contributed by atoms with Crippen molar-refractivity contribution in [3.05, 3.63) is 21.9 Å².